The zero-order chi connectivity index (χ0) is 40.3. The molecular weight excluding hydrogens is 717 g/mol. The Balaban J connectivity index is 0.878. The minimum atomic E-state index is -0.728. The lowest BCUT2D eigenvalue weighted by atomic mass is 9.47. The van der Waals surface area contributed by atoms with Crippen molar-refractivity contribution in [3.63, 3.8) is 0 Å². The molecule has 0 radical (unpaired) electrons. The van der Waals surface area contributed by atoms with E-state index in [0.29, 0.717) is 28.4 Å². The van der Waals surface area contributed by atoms with Gasteiger partial charge < -0.3 is 23.7 Å². The zero-order valence-electron chi connectivity index (χ0n) is 34.6. The van der Waals surface area contributed by atoms with Crippen LogP contribution in [0.2, 0.25) is 0 Å². The molecule has 8 nitrogen and oxygen atoms in total. The van der Waals surface area contributed by atoms with Crippen LogP contribution in [-0.2, 0) is 4.74 Å². The highest BCUT2D eigenvalue weighted by molar-refractivity contribution is 5.92. The normalized spacial score (nSPS) is 28.2. The highest BCUT2D eigenvalue weighted by Gasteiger charge is 2.59. The van der Waals surface area contributed by atoms with Gasteiger partial charge in [-0.3, -0.25) is 0 Å². The Labute approximate surface area is 338 Å². The topological polar surface area (TPSA) is 97.4 Å². The van der Waals surface area contributed by atoms with Crippen LogP contribution in [0.5, 0.6) is 23.0 Å². The van der Waals surface area contributed by atoms with E-state index < -0.39 is 18.1 Å². The second-order valence-electron chi connectivity index (χ2n) is 18.1. The van der Waals surface area contributed by atoms with E-state index in [1.54, 1.807) is 79.9 Å². The molecule has 4 aliphatic carbocycles. The number of carbonyl (C=O) groups is 3. The van der Waals surface area contributed by atoms with Crippen molar-refractivity contribution in [3.8, 4) is 23.0 Å². The van der Waals surface area contributed by atoms with Gasteiger partial charge in [-0.15, -0.1) is 0 Å². The second kappa shape index (κ2) is 17.1. The van der Waals surface area contributed by atoms with Crippen LogP contribution in [0.25, 0.3) is 0 Å². The molecule has 0 spiro atoms. The Morgan fingerprint density at radius 3 is 1.86 bits per heavy atom. The quantitative estimate of drug-likeness (QED) is 0.0776. The first-order valence-electron chi connectivity index (χ1n) is 21.2. The van der Waals surface area contributed by atoms with Crippen LogP contribution in [0, 0.1) is 46.3 Å². The van der Waals surface area contributed by atoms with E-state index in [-0.39, 0.29) is 28.6 Å². The van der Waals surface area contributed by atoms with Gasteiger partial charge in [0.05, 0.1) is 18.2 Å². The van der Waals surface area contributed by atoms with Crippen LogP contribution in [0.3, 0.4) is 0 Å². The van der Waals surface area contributed by atoms with Crippen molar-refractivity contribution < 1.29 is 38.1 Å². The Morgan fingerprint density at radius 2 is 1.26 bits per heavy atom. The van der Waals surface area contributed by atoms with Gasteiger partial charge in [0.1, 0.15) is 29.1 Å². The van der Waals surface area contributed by atoms with Crippen LogP contribution in [0.1, 0.15) is 126 Å². The smallest absolute Gasteiger partial charge is 0.497 e. The minimum absolute atomic E-state index is 0.173. The van der Waals surface area contributed by atoms with E-state index in [2.05, 4.69) is 40.7 Å². The molecular formula is C49H60O8. The molecule has 8 unspecified atom stereocenters. The fourth-order valence-corrected chi connectivity index (χ4v) is 11.3. The molecule has 3 fully saturated rings. The molecule has 0 N–H and O–H groups in total. The van der Waals surface area contributed by atoms with Crippen molar-refractivity contribution in [3.05, 3.63) is 95.6 Å². The van der Waals surface area contributed by atoms with E-state index in [1.165, 1.54) is 50.5 Å². The largest absolute Gasteiger partial charge is 0.514 e. The fourth-order valence-electron chi connectivity index (χ4n) is 11.3. The SMILES string of the molecule is COc1ccc(C(=O)Oc2ccc(OC(=O)c3ccc(OC(=O)OC4CCC5(C)C(=CCC6C5CCC5(C)C(C(C)CCCC(C)C)CCC65)C4)cc3)cc2)cc1. The van der Waals surface area contributed by atoms with E-state index >= 15 is 0 Å². The second-order valence-corrected chi connectivity index (χ2v) is 18.1. The third kappa shape index (κ3) is 8.80. The van der Waals surface area contributed by atoms with Crippen molar-refractivity contribution in [2.24, 2.45) is 46.3 Å². The summed E-state index contributed by atoms with van der Waals surface area (Å²) in [6, 6.07) is 19.0. The summed E-state index contributed by atoms with van der Waals surface area (Å²) in [5.41, 5.74) is 2.77. The van der Waals surface area contributed by atoms with Crippen LogP contribution >= 0.6 is 0 Å². The summed E-state index contributed by atoms with van der Waals surface area (Å²) in [7, 11) is 1.55. The molecule has 57 heavy (non-hydrogen) atoms. The zero-order valence-corrected chi connectivity index (χ0v) is 34.6. The molecule has 8 heteroatoms. The van der Waals surface area contributed by atoms with E-state index in [9.17, 15) is 14.4 Å². The molecule has 8 atom stereocenters. The van der Waals surface area contributed by atoms with Gasteiger partial charge in [0.2, 0.25) is 0 Å². The van der Waals surface area contributed by atoms with Crippen LogP contribution in [-0.4, -0.2) is 31.3 Å². The van der Waals surface area contributed by atoms with Crippen molar-refractivity contribution in [1.82, 2.24) is 0 Å². The number of carbonyl (C=O) groups excluding carboxylic acids is 3. The van der Waals surface area contributed by atoms with Gasteiger partial charge in [0, 0.05) is 6.42 Å². The first kappa shape index (κ1) is 40.6. The fraction of sp³-hybridized carbons (Fsp3) is 0.531. The summed E-state index contributed by atoms with van der Waals surface area (Å²) in [6.45, 7) is 12.4. The molecule has 0 heterocycles. The van der Waals surface area contributed by atoms with Crippen LogP contribution in [0.15, 0.2) is 84.4 Å². The Bertz CT molecular complexity index is 1910. The number of benzene rings is 3. The number of hydrogen-bond donors (Lipinski definition) is 0. The van der Waals surface area contributed by atoms with E-state index in [4.69, 9.17) is 23.7 Å². The molecule has 0 aromatic heterocycles. The predicted molar refractivity (Wildman–Crippen MR) is 220 cm³/mol. The number of esters is 2. The number of rotatable bonds is 12. The molecule has 304 valence electrons. The number of hydrogen-bond acceptors (Lipinski definition) is 8. The monoisotopic (exact) mass is 776 g/mol. The lowest BCUT2D eigenvalue weighted by Gasteiger charge is -2.58. The highest BCUT2D eigenvalue weighted by Crippen LogP contribution is 2.67. The molecule has 3 aromatic carbocycles. The van der Waals surface area contributed by atoms with Gasteiger partial charge in [0.25, 0.3) is 0 Å². The maximum absolute atomic E-state index is 13.0. The number of ether oxygens (including phenoxy) is 5. The maximum Gasteiger partial charge on any atom is 0.514 e. The molecule has 0 bridgehead atoms. The van der Waals surface area contributed by atoms with E-state index in [0.717, 1.165) is 55.3 Å². The Hall–Kier alpha value is -4.59. The van der Waals surface area contributed by atoms with Gasteiger partial charge in [-0.1, -0.05) is 65.5 Å². The summed E-state index contributed by atoms with van der Waals surface area (Å²) in [4.78, 5) is 38.3. The average Bonchev–Trinajstić information content (AvgIpc) is 3.56. The Morgan fingerprint density at radius 1 is 0.684 bits per heavy atom. The summed E-state index contributed by atoms with van der Waals surface area (Å²) in [5.74, 6) is 5.16. The number of methoxy groups -OCH3 is 1. The first-order chi connectivity index (χ1) is 27.4. The molecule has 3 aromatic rings. The number of fused-ring (bicyclic) bond motifs is 5. The molecule has 0 saturated heterocycles. The summed E-state index contributed by atoms with van der Waals surface area (Å²) < 4.78 is 27.5. The van der Waals surface area contributed by atoms with Crippen LogP contribution < -0.4 is 18.9 Å². The van der Waals surface area contributed by atoms with Crippen molar-refractivity contribution in [2.45, 2.75) is 111 Å². The van der Waals surface area contributed by atoms with Gasteiger partial charge in [-0.2, -0.15) is 0 Å². The molecule has 0 aliphatic heterocycles. The van der Waals surface area contributed by atoms with Crippen LogP contribution in [0.4, 0.5) is 4.79 Å². The molecule has 7 rings (SSSR count). The molecule has 4 aliphatic rings. The minimum Gasteiger partial charge on any atom is -0.497 e. The molecule has 0 amide bonds. The van der Waals surface area contributed by atoms with E-state index in [1.807, 2.05) is 0 Å². The maximum atomic E-state index is 13.0. The third-order valence-corrected chi connectivity index (χ3v) is 14.4. The lowest BCUT2D eigenvalue weighted by molar-refractivity contribution is -0.0597. The predicted octanol–water partition coefficient (Wildman–Crippen LogP) is 12.1. The molecule has 3 saturated carbocycles. The van der Waals surface area contributed by atoms with Gasteiger partial charge >= 0.3 is 18.1 Å². The van der Waals surface area contributed by atoms with Gasteiger partial charge in [-0.25, -0.2) is 14.4 Å². The van der Waals surface area contributed by atoms with Gasteiger partial charge in [0.15, 0.2) is 0 Å². The highest BCUT2D eigenvalue weighted by atomic mass is 16.7. The first-order valence-corrected chi connectivity index (χ1v) is 21.2. The number of allylic oxidation sites excluding steroid dienone is 1. The summed E-state index contributed by atoms with van der Waals surface area (Å²) >= 11 is 0. The standard InChI is InChI=1S/C49H60O8/c1-31(2)8-7-9-32(3)42-24-25-43-41-23-14-35-30-40(26-28-48(35,4)44(41)27-29-49(42,43)5)57-47(52)56-39-17-12-34(13-18-39)46(51)55-38-21-19-37(20-22-38)54-45(50)33-10-15-36(53-6)16-11-33/h10-22,31-32,40-44H,7-9,23-30H2,1-6H3. The summed E-state index contributed by atoms with van der Waals surface area (Å²) in [6.07, 6.45) is 14.9. The lowest BCUT2D eigenvalue weighted by Crippen LogP contribution is -2.51. The average molecular weight is 777 g/mol. The van der Waals surface area contributed by atoms with Crippen molar-refractivity contribution >= 4 is 18.1 Å². The van der Waals surface area contributed by atoms with Crippen molar-refractivity contribution in [2.75, 3.05) is 7.11 Å². The van der Waals surface area contributed by atoms with Crippen molar-refractivity contribution in [1.29, 1.82) is 0 Å². The third-order valence-electron chi connectivity index (χ3n) is 14.4. The Kier molecular flexibility index (Phi) is 12.2. The van der Waals surface area contributed by atoms with Gasteiger partial charge in [-0.05, 0) is 164 Å². The summed E-state index contributed by atoms with van der Waals surface area (Å²) in [5, 5.41) is 0.